The normalized spacial score (nSPS) is 22.4. The number of thioether (sulfide) groups is 1. The number of ether oxygens (including phenoxy) is 2. The molecule has 0 unspecified atom stereocenters. The quantitative estimate of drug-likeness (QED) is 0.186. The van der Waals surface area contributed by atoms with Gasteiger partial charge in [0.1, 0.15) is 0 Å². The van der Waals surface area contributed by atoms with E-state index in [1.165, 1.54) is 16.7 Å². The van der Waals surface area contributed by atoms with E-state index in [2.05, 4.69) is 16.9 Å². The minimum atomic E-state index is -0.669. The van der Waals surface area contributed by atoms with Crippen LogP contribution in [0.4, 0.5) is 5.69 Å². The number of aromatic nitrogens is 2. The van der Waals surface area contributed by atoms with E-state index in [4.69, 9.17) is 9.47 Å². The van der Waals surface area contributed by atoms with Crippen molar-refractivity contribution in [1.82, 2.24) is 9.97 Å². The number of aliphatic hydroxyl groups excluding tert-OH is 1. The van der Waals surface area contributed by atoms with E-state index in [1.807, 2.05) is 36.4 Å². The number of hydrogen-bond donors (Lipinski definition) is 1. The molecule has 2 amide bonds. The molecule has 0 spiro atoms. The van der Waals surface area contributed by atoms with Crippen LogP contribution in [0.3, 0.4) is 0 Å². The number of nitrogens with zero attached hydrogens (tertiary/aromatic N) is 3. The first kappa shape index (κ1) is 26.3. The molecule has 4 atom stereocenters. The Balaban J connectivity index is 1.25. The second-order valence-electron chi connectivity index (χ2n) is 9.75. The lowest BCUT2D eigenvalue weighted by Gasteiger charge is -2.41. The van der Waals surface area contributed by atoms with Crippen LogP contribution in [0.5, 0.6) is 0 Å². The van der Waals surface area contributed by atoms with E-state index < -0.39 is 6.29 Å². The van der Waals surface area contributed by atoms with Crippen molar-refractivity contribution >= 4 is 29.3 Å². The molecule has 6 rings (SSSR count). The molecule has 1 N–H and O–H groups in total. The lowest BCUT2D eigenvalue weighted by Crippen LogP contribution is -2.38. The van der Waals surface area contributed by atoms with Crippen molar-refractivity contribution in [2.75, 3.05) is 10.7 Å². The highest BCUT2D eigenvalue weighted by Crippen LogP contribution is 2.43. The molecule has 4 aromatic rings. The molecule has 0 saturated carbocycles. The molecule has 0 radical (unpaired) electrons. The minimum Gasteiger partial charge on any atom is -0.392 e. The van der Waals surface area contributed by atoms with Crippen molar-refractivity contribution in [3.8, 4) is 0 Å². The predicted octanol–water partition coefficient (Wildman–Crippen LogP) is 5.35. The van der Waals surface area contributed by atoms with Gasteiger partial charge >= 0.3 is 0 Å². The first-order valence-electron chi connectivity index (χ1n) is 13.0. The Morgan fingerprint density at radius 3 is 2.08 bits per heavy atom. The van der Waals surface area contributed by atoms with E-state index in [0.29, 0.717) is 27.7 Å². The molecule has 2 aliphatic heterocycles. The van der Waals surface area contributed by atoms with Crippen molar-refractivity contribution in [2.24, 2.45) is 5.92 Å². The summed E-state index contributed by atoms with van der Waals surface area (Å²) in [7, 11) is 0. The molecule has 1 saturated heterocycles. The summed E-state index contributed by atoms with van der Waals surface area (Å²) in [5, 5.41) is 10.2. The van der Waals surface area contributed by atoms with Gasteiger partial charge in [-0.1, -0.05) is 67.2 Å². The molecule has 3 aromatic carbocycles. The summed E-state index contributed by atoms with van der Waals surface area (Å²) < 4.78 is 13.0. The van der Waals surface area contributed by atoms with Gasteiger partial charge in [0, 0.05) is 29.6 Å². The maximum absolute atomic E-state index is 12.9. The Morgan fingerprint density at radius 1 is 0.825 bits per heavy atom. The number of fused-ring (bicyclic) bond motifs is 1. The number of amides is 2. The molecule has 8 nitrogen and oxygen atoms in total. The fourth-order valence-corrected chi connectivity index (χ4v) is 6.00. The molecule has 202 valence electrons. The molecule has 1 aromatic heterocycles. The SMILES string of the molecule is C[C@H]1[C@@H](CSc2ncccn2)O[C@@H](c2ccc(N3C(=O)c4ccccc4C3=O)cc2)O[C@H]1c1ccc(CO)cc1. The number of aliphatic hydroxyl groups is 1. The van der Waals surface area contributed by atoms with Crippen molar-refractivity contribution < 1.29 is 24.2 Å². The summed E-state index contributed by atoms with van der Waals surface area (Å²) in [5.74, 6) is -0.0217. The number of carbonyl (C=O) groups excluding carboxylic acids is 2. The molecule has 0 aliphatic carbocycles. The Kier molecular flexibility index (Phi) is 7.44. The zero-order chi connectivity index (χ0) is 27.6. The lowest BCUT2D eigenvalue weighted by atomic mass is 9.91. The topological polar surface area (TPSA) is 102 Å². The largest absolute Gasteiger partial charge is 0.392 e. The van der Waals surface area contributed by atoms with Gasteiger partial charge in [-0.05, 0) is 41.5 Å². The Labute approximate surface area is 236 Å². The van der Waals surface area contributed by atoms with Gasteiger partial charge in [0.2, 0.25) is 0 Å². The standard InChI is InChI=1S/C31H27N3O5S/c1-19-26(18-40-31-32-15-4-16-33-31)38-30(39-27(19)21-9-7-20(17-35)8-10-21)22-11-13-23(14-12-22)34-28(36)24-5-2-3-6-25(24)29(34)37/h2-16,19,26-27,30,35H,17-18H2,1H3/t19-,26+,27+,30+/m0/s1. The summed E-state index contributed by atoms with van der Waals surface area (Å²) in [4.78, 5) is 35.7. The molecule has 0 bridgehead atoms. The van der Waals surface area contributed by atoms with Crippen LogP contribution in [0.2, 0.25) is 0 Å². The molecule has 3 heterocycles. The summed E-state index contributed by atoms with van der Waals surface area (Å²) in [6.07, 6.45) is 2.33. The minimum absolute atomic E-state index is 0.0186. The van der Waals surface area contributed by atoms with Gasteiger partial charge in [-0.3, -0.25) is 9.59 Å². The maximum atomic E-state index is 12.9. The molecular formula is C31H27N3O5S. The third kappa shape index (κ3) is 5.04. The van der Waals surface area contributed by atoms with Crippen LogP contribution in [0.25, 0.3) is 0 Å². The molecule has 40 heavy (non-hydrogen) atoms. The number of anilines is 1. The average Bonchev–Trinajstić information content (AvgIpc) is 3.26. The van der Waals surface area contributed by atoms with Crippen molar-refractivity contribution in [3.63, 3.8) is 0 Å². The van der Waals surface area contributed by atoms with Crippen molar-refractivity contribution in [3.05, 3.63) is 119 Å². The van der Waals surface area contributed by atoms with E-state index >= 15 is 0 Å². The summed E-state index contributed by atoms with van der Waals surface area (Å²) >= 11 is 1.53. The number of benzene rings is 3. The zero-order valence-corrected chi connectivity index (χ0v) is 22.5. The zero-order valence-electron chi connectivity index (χ0n) is 21.7. The molecule has 1 fully saturated rings. The fourth-order valence-electron chi connectivity index (χ4n) is 5.03. The lowest BCUT2D eigenvalue weighted by molar-refractivity contribution is -0.268. The van der Waals surface area contributed by atoms with Gasteiger partial charge in [-0.2, -0.15) is 0 Å². The number of rotatable bonds is 7. The predicted molar refractivity (Wildman–Crippen MR) is 150 cm³/mol. The highest BCUT2D eigenvalue weighted by Gasteiger charge is 2.39. The van der Waals surface area contributed by atoms with Crippen LogP contribution in [0.15, 0.2) is 96.4 Å². The van der Waals surface area contributed by atoms with Gasteiger partial charge < -0.3 is 14.6 Å². The van der Waals surface area contributed by atoms with Gasteiger partial charge in [0.15, 0.2) is 11.4 Å². The Hall–Kier alpha value is -3.89. The van der Waals surface area contributed by atoms with Gasteiger partial charge in [0.05, 0.1) is 35.6 Å². The van der Waals surface area contributed by atoms with Crippen LogP contribution >= 0.6 is 11.8 Å². The molecular weight excluding hydrogens is 526 g/mol. The third-order valence-corrected chi connectivity index (χ3v) is 8.22. The smallest absolute Gasteiger partial charge is 0.266 e. The van der Waals surface area contributed by atoms with E-state index in [1.54, 1.807) is 54.9 Å². The van der Waals surface area contributed by atoms with Gasteiger partial charge in [0.25, 0.3) is 11.8 Å². The second-order valence-corrected chi connectivity index (χ2v) is 10.7. The monoisotopic (exact) mass is 553 g/mol. The number of imide groups is 1. The molecule has 2 aliphatic rings. The summed E-state index contributed by atoms with van der Waals surface area (Å²) in [6, 6.07) is 23.5. The van der Waals surface area contributed by atoms with Crippen LogP contribution in [0, 0.1) is 5.92 Å². The highest BCUT2D eigenvalue weighted by molar-refractivity contribution is 7.99. The van der Waals surface area contributed by atoms with Crippen LogP contribution in [-0.4, -0.2) is 38.7 Å². The summed E-state index contributed by atoms with van der Waals surface area (Å²) in [6.45, 7) is 2.08. The van der Waals surface area contributed by atoms with E-state index in [9.17, 15) is 14.7 Å². The van der Waals surface area contributed by atoms with Crippen LogP contribution in [0.1, 0.15) is 56.7 Å². The fraction of sp³-hybridized carbons (Fsp3) is 0.226. The first-order chi connectivity index (χ1) is 19.5. The number of hydrogen-bond acceptors (Lipinski definition) is 8. The average molecular weight is 554 g/mol. The maximum Gasteiger partial charge on any atom is 0.266 e. The van der Waals surface area contributed by atoms with Crippen LogP contribution < -0.4 is 4.90 Å². The van der Waals surface area contributed by atoms with Crippen LogP contribution in [-0.2, 0) is 16.1 Å². The highest BCUT2D eigenvalue weighted by atomic mass is 32.2. The van der Waals surface area contributed by atoms with Crippen molar-refractivity contribution in [2.45, 2.75) is 37.2 Å². The molecule has 9 heteroatoms. The van der Waals surface area contributed by atoms with E-state index in [0.717, 1.165) is 16.7 Å². The van der Waals surface area contributed by atoms with Gasteiger partial charge in [-0.15, -0.1) is 0 Å². The second kappa shape index (κ2) is 11.3. The Bertz CT molecular complexity index is 1480. The summed E-state index contributed by atoms with van der Waals surface area (Å²) in [5.41, 5.74) is 3.90. The van der Waals surface area contributed by atoms with Crippen molar-refractivity contribution in [1.29, 1.82) is 0 Å². The third-order valence-electron chi connectivity index (χ3n) is 7.26. The van der Waals surface area contributed by atoms with E-state index in [-0.39, 0.29) is 36.5 Å². The first-order valence-corrected chi connectivity index (χ1v) is 14.0. The van der Waals surface area contributed by atoms with Gasteiger partial charge in [-0.25, -0.2) is 14.9 Å². The Morgan fingerprint density at radius 2 is 1.45 bits per heavy atom. The number of carbonyl (C=O) groups is 2.